The molecule has 0 fully saturated rings. The van der Waals surface area contributed by atoms with E-state index < -0.39 is 11.9 Å². The highest BCUT2D eigenvalue weighted by Crippen LogP contribution is 2.33. The van der Waals surface area contributed by atoms with Crippen molar-refractivity contribution in [3.05, 3.63) is 58.7 Å². The molecule has 0 aliphatic rings. The van der Waals surface area contributed by atoms with E-state index in [0.717, 1.165) is 11.1 Å². The smallest absolute Gasteiger partial charge is 0.337 e. The first-order valence-corrected chi connectivity index (χ1v) is 7.91. The van der Waals surface area contributed by atoms with Crippen molar-refractivity contribution in [2.24, 2.45) is 0 Å². The zero-order chi connectivity index (χ0) is 19.3. The number of hydrogen-bond donors (Lipinski definition) is 2. The van der Waals surface area contributed by atoms with Crippen LogP contribution < -0.4 is 14.8 Å². The second kappa shape index (κ2) is 8.20. The Morgan fingerprint density at radius 2 is 1.65 bits per heavy atom. The first-order chi connectivity index (χ1) is 12.3. The number of carbonyl (C=O) groups is 2. The standard InChI is InChI=1S/C20H21NO5/c1-12-5-6-14(9-13(12)2)7-8-19(22)21-16-11-18(26-4)17(25-3)10-15(16)20(23)24/h5-11H,1-4H3,(H,21,22)(H,23,24)/b8-7+. The lowest BCUT2D eigenvalue weighted by Crippen LogP contribution is -2.12. The highest BCUT2D eigenvalue weighted by molar-refractivity contribution is 6.06. The van der Waals surface area contributed by atoms with Gasteiger partial charge < -0.3 is 19.9 Å². The van der Waals surface area contributed by atoms with Crippen LogP contribution in [-0.4, -0.2) is 31.2 Å². The maximum Gasteiger partial charge on any atom is 0.337 e. The molecule has 0 unspecified atom stereocenters. The fourth-order valence-electron chi connectivity index (χ4n) is 2.37. The van der Waals surface area contributed by atoms with Crippen LogP contribution in [0.15, 0.2) is 36.4 Å². The summed E-state index contributed by atoms with van der Waals surface area (Å²) in [5.74, 6) is -1.03. The second-order valence-electron chi connectivity index (χ2n) is 5.72. The highest BCUT2D eigenvalue weighted by atomic mass is 16.5. The van der Waals surface area contributed by atoms with Gasteiger partial charge in [0.05, 0.1) is 25.5 Å². The Hall–Kier alpha value is -3.28. The number of hydrogen-bond acceptors (Lipinski definition) is 4. The Morgan fingerprint density at radius 3 is 2.23 bits per heavy atom. The molecule has 26 heavy (non-hydrogen) atoms. The number of benzene rings is 2. The molecule has 2 aromatic carbocycles. The van der Waals surface area contributed by atoms with Crippen molar-refractivity contribution in [1.29, 1.82) is 0 Å². The van der Waals surface area contributed by atoms with Gasteiger partial charge in [0, 0.05) is 18.2 Å². The third-order valence-electron chi connectivity index (χ3n) is 3.97. The largest absolute Gasteiger partial charge is 0.493 e. The van der Waals surface area contributed by atoms with E-state index in [1.807, 2.05) is 32.0 Å². The average Bonchev–Trinajstić information content (AvgIpc) is 2.62. The van der Waals surface area contributed by atoms with Crippen molar-refractivity contribution in [1.82, 2.24) is 0 Å². The van der Waals surface area contributed by atoms with Gasteiger partial charge in [0.15, 0.2) is 11.5 Å². The van der Waals surface area contributed by atoms with Gasteiger partial charge in [0.25, 0.3) is 0 Å². The van der Waals surface area contributed by atoms with Crippen LogP contribution in [-0.2, 0) is 4.79 Å². The van der Waals surface area contributed by atoms with Crippen LogP contribution in [0.2, 0.25) is 0 Å². The normalized spacial score (nSPS) is 10.6. The van der Waals surface area contributed by atoms with Crippen LogP contribution in [0.1, 0.15) is 27.0 Å². The lowest BCUT2D eigenvalue weighted by atomic mass is 10.1. The van der Waals surface area contributed by atoms with E-state index in [-0.39, 0.29) is 17.0 Å². The Labute approximate surface area is 152 Å². The monoisotopic (exact) mass is 355 g/mol. The Balaban J connectivity index is 2.25. The number of ether oxygens (including phenoxy) is 2. The van der Waals surface area contributed by atoms with Crippen LogP contribution >= 0.6 is 0 Å². The molecular weight excluding hydrogens is 334 g/mol. The summed E-state index contributed by atoms with van der Waals surface area (Å²) in [5.41, 5.74) is 3.22. The molecule has 2 rings (SSSR count). The summed E-state index contributed by atoms with van der Waals surface area (Å²) in [6.07, 6.45) is 3.02. The summed E-state index contributed by atoms with van der Waals surface area (Å²) >= 11 is 0. The molecule has 6 nitrogen and oxygen atoms in total. The predicted octanol–water partition coefficient (Wildman–Crippen LogP) is 3.67. The lowest BCUT2D eigenvalue weighted by Gasteiger charge is -2.13. The highest BCUT2D eigenvalue weighted by Gasteiger charge is 2.17. The molecule has 0 saturated carbocycles. The van der Waals surface area contributed by atoms with Crippen LogP contribution in [0, 0.1) is 13.8 Å². The summed E-state index contributed by atoms with van der Waals surface area (Å²) in [5, 5.41) is 11.9. The number of anilines is 1. The molecule has 0 aliphatic heterocycles. The Kier molecular flexibility index (Phi) is 6.01. The summed E-state index contributed by atoms with van der Waals surface area (Å²) in [6.45, 7) is 4.01. The Morgan fingerprint density at radius 1 is 1.00 bits per heavy atom. The van der Waals surface area contributed by atoms with Crippen molar-refractivity contribution in [3.63, 3.8) is 0 Å². The van der Waals surface area contributed by atoms with Gasteiger partial charge in [0.2, 0.25) is 5.91 Å². The fraction of sp³-hybridized carbons (Fsp3) is 0.200. The van der Waals surface area contributed by atoms with Gasteiger partial charge in [-0.25, -0.2) is 4.79 Å². The van der Waals surface area contributed by atoms with Crippen molar-refractivity contribution in [3.8, 4) is 11.5 Å². The molecule has 2 N–H and O–H groups in total. The zero-order valence-electron chi connectivity index (χ0n) is 15.1. The molecule has 0 spiro atoms. The van der Waals surface area contributed by atoms with E-state index in [0.29, 0.717) is 5.75 Å². The van der Waals surface area contributed by atoms with Crippen molar-refractivity contribution >= 4 is 23.6 Å². The summed E-state index contributed by atoms with van der Waals surface area (Å²) in [4.78, 5) is 23.7. The first-order valence-electron chi connectivity index (χ1n) is 7.91. The van der Waals surface area contributed by atoms with E-state index in [4.69, 9.17) is 9.47 Å². The molecule has 2 aromatic rings. The molecule has 136 valence electrons. The van der Waals surface area contributed by atoms with E-state index in [9.17, 15) is 14.7 Å². The number of aryl methyl sites for hydroxylation is 2. The third kappa shape index (κ3) is 4.42. The van der Waals surface area contributed by atoms with Gasteiger partial charge in [-0.2, -0.15) is 0 Å². The molecule has 0 bridgehead atoms. The minimum atomic E-state index is -1.18. The molecule has 6 heteroatoms. The summed E-state index contributed by atoms with van der Waals surface area (Å²) in [7, 11) is 2.84. The number of carbonyl (C=O) groups excluding carboxylic acids is 1. The second-order valence-corrected chi connectivity index (χ2v) is 5.72. The van der Waals surface area contributed by atoms with Crippen LogP contribution in [0.5, 0.6) is 11.5 Å². The SMILES string of the molecule is COc1cc(NC(=O)/C=C/c2ccc(C)c(C)c2)c(C(=O)O)cc1OC. The third-order valence-corrected chi connectivity index (χ3v) is 3.97. The maximum absolute atomic E-state index is 12.2. The molecule has 0 aliphatic carbocycles. The van der Waals surface area contributed by atoms with Crippen molar-refractivity contribution in [2.45, 2.75) is 13.8 Å². The van der Waals surface area contributed by atoms with Gasteiger partial charge in [-0.05, 0) is 36.6 Å². The van der Waals surface area contributed by atoms with E-state index in [2.05, 4.69) is 5.32 Å². The van der Waals surface area contributed by atoms with Gasteiger partial charge in [-0.1, -0.05) is 18.2 Å². The number of carboxylic acid groups (broad SMARTS) is 1. The maximum atomic E-state index is 12.2. The van der Waals surface area contributed by atoms with Crippen LogP contribution in [0.25, 0.3) is 6.08 Å². The lowest BCUT2D eigenvalue weighted by molar-refractivity contribution is -0.111. The topological polar surface area (TPSA) is 84.9 Å². The van der Waals surface area contributed by atoms with Crippen LogP contribution in [0.4, 0.5) is 5.69 Å². The summed E-state index contributed by atoms with van der Waals surface area (Å²) < 4.78 is 10.3. The van der Waals surface area contributed by atoms with Gasteiger partial charge in [0.1, 0.15) is 0 Å². The zero-order valence-corrected chi connectivity index (χ0v) is 15.1. The quantitative estimate of drug-likeness (QED) is 0.772. The number of carboxylic acids is 1. The van der Waals surface area contributed by atoms with Gasteiger partial charge in [-0.15, -0.1) is 0 Å². The number of aromatic carboxylic acids is 1. The molecule has 0 radical (unpaired) electrons. The minimum Gasteiger partial charge on any atom is -0.493 e. The number of nitrogens with one attached hydrogen (secondary N) is 1. The van der Waals surface area contributed by atoms with Crippen LogP contribution in [0.3, 0.4) is 0 Å². The molecule has 0 atom stereocenters. The van der Waals surface area contributed by atoms with E-state index >= 15 is 0 Å². The number of rotatable bonds is 6. The molecule has 0 aromatic heterocycles. The minimum absolute atomic E-state index is 0.0874. The number of amides is 1. The van der Waals surface area contributed by atoms with Crippen molar-refractivity contribution < 1.29 is 24.2 Å². The van der Waals surface area contributed by atoms with Crippen molar-refractivity contribution in [2.75, 3.05) is 19.5 Å². The molecule has 1 amide bonds. The van der Waals surface area contributed by atoms with Gasteiger partial charge >= 0.3 is 5.97 Å². The summed E-state index contributed by atoms with van der Waals surface area (Å²) in [6, 6.07) is 8.58. The van der Waals surface area contributed by atoms with E-state index in [1.165, 1.54) is 38.0 Å². The van der Waals surface area contributed by atoms with Gasteiger partial charge in [-0.3, -0.25) is 4.79 Å². The first kappa shape index (κ1) is 19.1. The number of methoxy groups -OCH3 is 2. The molecule has 0 heterocycles. The fourth-order valence-corrected chi connectivity index (χ4v) is 2.37. The average molecular weight is 355 g/mol. The molecular formula is C20H21NO5. The predicted molar refractivity (Wildman–Crippen MR) is 100 cm³/mol. The van der Waals surface area contributed by atoms with E-state index in [1.54, 1.807) is 6.08 Å². The molecule has 0 saturated heterocycles. The Bertz CT molecular complexity index is 871.